The number of para-hydroxylation sites is 1. The molecule has 0 spiro atoms. The van der Waals surface area contributed by atoms with Gasteiger partial charge >= 0.3 is 0 Å². The van der Waals surface area contributed by atoms with Crippen LogP contribution in [0.15, 0.2) is 24.4 Å². The van der Waals surface area contributed by atoms with Crippen molar-refractivity contribution < 1.29 is 14.3 Å². The van der Waals surface area contributed by atoms with E-state index in [4.69, 9.17) is 9.72 Å². The van der Waals surface area contributed by atoms with E-state index in [9.17, 15) is 9.59 Å². The Morgan fingerprint density at radius 2 is 2.07 bits per heavy atom. The standard InChI is InChI=1S/C22H26N4O3/c1-14-6-4-7-17(20(14)29-3)22(28)26-10-5-8-19(26)21-23-12-16-13-25(15(2)27)11-9-18(16)24-21/h4,6-7,12,19H,5,8-11,13H2,1-3H3/t19-/m0/s1. The first kappa shape index (κ1) is 19.4. The number of ether oxygens (including phenoxy) is 1. The minimum atomic E-state index is -0.135. The third-order valence-corrected chi connectivity index (χ3v) is 5.86. The van der Waals surface area contributed by atoms with Crippen LogP contribution in [0.1, 0.15) is 58.8 Å². The summed E-state index contributed by atoms with van der Waals surface area (Å²) in [6.07, 6.45) is 4.30. The normalized spacial score (nSPS) is 18.5. The molecule has 1 fully saturated rings. The van der Waals surface area contributed by atoms with Crippen molar-refractivity contribution in [1.82, 2.24) is 19.8 Å². The van der Waals surface area contributed by atoms with Gasteiger partial charge < -0.3 is 14.5 Å². The van der Waals surface area contributed by atoms with Crippen LogP contribution in [0.4, 0.5) is 0 Å². The Balaban J connectivity index is 1.60. The second kappa shape index (κ2) is 7.81. The zero-order valence-corrected chi connectivity index (χ0v) is 17.1. The highest BCUT2D eigenvalue weighted by molar-refractivity contribution is 5.97. The van der Waals surface area contributed by atoms with Crippen LogP contribution >= 0.6 is 0 Å². The van der Waals surface area contributed by atoms with E-state index >= 15 is 0 Å². The molecule has 4 rings (SSSR count). The van der Waals surface area contributed by atoms with E-state index in [1.807, 2.05) is 36.2 Å². The largest absolute Gasteiger partial charge is 0.496 e. The number of amides is 2. The summed E-state index contributed by atoms with van der Waals surface area (Å²) in [5.41, 5.74) is 3.50. The zero-order chi connectivity index (χ0) is 20.5. The van der Waals surface area contributed by atoms with Gasteiger partial charge in [-0.1, -0.05) is 12.1 Å². The Hall–Kier alpha value is -2.96. The summed E-state index contributed by atoms with van der Waals surface area (Å²) in [7, 11) is 1.59. The molecule has 0 aliphatic carbocycles. The quantitative estimate of drug-likeness (QED) is 0.800. The number of aryl methyl sites for hydroxylation is 1. The molecule has 2 aliphatic rings. The van der Waals surface area contributed by atoms with E-state index in [2.05, 4.69) is 4.98 Å². The first-order valence-electron chi connectivity index (χ1n) is 10.0. The van der Waals surface area contributed by atoms with Crippen molar-refractivity contribution in [2.24, 2.45) is 0 Å². The highest BCUT2D eigenvalue weighted by atomic mass is 16.5. The number of benzene rings is 1. The Kier molecular flexibility index (Phi) is 5.22. The zero-order valence-electron chi connectivity index (χ0n) is 17.1. The molecule has 1 saturated heterocycles. The smallest absolute Gasteiger partial charge is 0.258 e. The van der Waals surface area contributed by atoms with Crippen LogP contribution in [-0.2, 0) is 17.8 Å². The molecule has 152 valence electrons. The van der Waals surface area contributed by atoms with Crippen molar-refractivity contribution in [3.8, 4) is 5.75 Å². The fraction of sp³-hybridized carbons (Fsp3) is 0.455. The van der Waals surface area contributed by atoms with Crippen molar-refractivity contribution in [3.05, 3.63) is 52.6 Å². The first-order chi connectivity index (χ1) is 14.0. The Morgan fingerprint density at radius 3 is 2.83 bits per heavy atom. The van der Waals surface area contributed by atoms with E-state index in [1.165, 1.54) is 0 Å². The number of nitrogens with zero attached hydrogens (tertiary/aromatic N) is 4. The molecule has 3 heterocycles. The number of hydrogen-bond acceptors (Lipinski definition) is 5. The average molecular weight is 394 g/mol. The highest BCUT2D eigenvalue weighted by Crippen LogP contribution is 2.34. The lowest BCUT2D eigenvalue weighted by Gasteiger charge is -2.29. The molecule has 7 heteroatoms. The predicted octanol–water partition coefficient (Wildman–Crippen LogP) is 2.68. The summed E-state index contributed by atoms with van der Waals surface area (Å²) >= 11 is 0. The third kappa shape index (κ3) is 3.57. The molecule has 2 aliphatic heterocycles. The van der Waals surface area contributed by atoms with Crippen LogP contribution in [-0.4, -0.2) is 51.8 Å². The second-order valence-corrected chi connectivity index (χ2v) is 7.70. The third-order valence-electron chi connectivity index (χ3n) is 5.86. The maximum atomic E-state index is 13.3. The maximum absolute atomic E-state index is 13.3. The van der Waals surface area contributed by atoms with Crippen LogP contribution in [0.3, 0.4) is 0 Å². The van der Waals surface area contributed by atoms with Gasteiger partial charge in [0, 0.05) is 44.7 Å². The number of fused-ring (bicyclic) bond motifs is 1. The summed E-state index contributed by atoms with van der Waals surface area (Å²) in [5.74, 6) is 1.34. The van der Waals surface area contributed by atoms with Crippen molar-refractivity contribution in [1.29, 1.82) is 0 Å². The van der Waals surface area contributed by atoms with Crippen molar-refractivity contribution >= 4 is 11.8 Å². The first-order valence-corrected chi connectivity index (χ1v) is 10.0. The Labute approximate surface area is 170 Å². The van der Waals surface area contributed by atoms with Gasteiger partial charge in [0.25, 0.3) is 5.91 Å². The predicted molar refractivity (Wildman–Crippen MR) is 108 cm³/mol. The SMILES string of the molecule is COc1c(C)cccc1C(=O)N1CCC[C@H]1c1ncc2c(n1)CCN(C(C)=O)C2. The van der Waals surface area contributed by atoms with E-state index in [1.54, 1.807) is 18.9 Å². The number of carbonyl (C=O) groups excluding carboxylic acids is 2. The number of hydrogen-bond donors (Lipinski definition) is 0. The van der Waals surface area contributed by atoms with E-state index in [0.29, 0.717) is 36.8 Å². The monoisotopic (exact) mass is 394 g/mol. The molecular formula is C22H26N4O3. The molecule has 7 nitrogen and oxygen atoms in total. The van der Waals surface area contributed by atoms with Gasteiger partial charge in [0.2, 0.25) is 5.91 Å². The Bertz CT molecular complexity index is 959. The minimum absolute atomic E-state index is 0.0443. The summed E-state index contributed by atoms with van der Waals surface area (Å²) in [6.45, 7) is 5.43. The van der Waals surface area contributed by atoms with E-state index < -0.39 is 0 Å². The maximum Gasteiger partial charge on any atom is 0.258 e. The lowest BCUT2D eigenvalue weighted by molar-refractivity contribution is -0.129. The van der Waals surface area contributed by atoms with Crippen LogP contribution in [0.5, 0.6) is 5.75 Å². The number of aromatic nitrogens is 2. The van der Waals surface area contributed by atoms with Gasteiger partial charge in [0.15, 0.2) is 5.82 Å². The molecular weight excluding hydrogens is 368 g/mol. The van der Waals surface area contributed by atoms with Gasteiger partial charge in [-0.2, -0.15) is 0 Å². The van der Waals surface area contributed by atoms with Gasteiger partial charge in [0.05, 0.1) is 24.4 Å². The minimum Gasteiger partial charge on any atom is -0.496 e. The molecule has 2 amide bonds. The lowest BCUT2D eigenvalue weighted by Crippen LogP contribution is -2.36. The average Bonchev–Trinajstić information content (AvgIpc) is 3.22. The number of likely N-dealkylation sites (tertiary alicyclic amines) is 1. The molecule has 1 aromatic carbocycles. The van der Waals surface area contributed by atoms with Crippen molar-refractivity contribution in [2.45, 2.75) is 45.7 Å². The summed E-state index contributed by atoms with van der Waals surface area (Å²) < 4.78 is 5.49. The molecule has 0 saturated carbocycles. The lowest BCUT2D eigenvalue weighted by atomic mass is 10.1. The molecule has 0 bridgehead atoms. The molecule has 0 unspecified atom stereocenters. The fourth-order valence-electron chi connectivity index (χ4n) is 4.29. The molecule has 0 N–H and O–H groups in total. The highest BCUT2D eigenvalue weighted by Gasteiger charge is 2.34. The second-order valence-electron chi connectivity index (χ2n) is 7.70. The molecule has 2 aromatic rings. The van der Waals surface area contributed by atoms with E-state index in [-0.39, 0.29) is 17.9 Å². The van der Waals surface area contributed by atoms with Crippen molar-refractivity contribution in [2.75, 3.05) is 20.2 Å². The van der Waals surface area contributed by atoms with Crippen LogP contribution in [0.2, 0.25) is 0 Å². The summed E-state index contributed by atoms with van der Waals surface area (Å²) in [5, 5.41) is 0. The van der Waals surface area contributed by atoms with Gasteiger partial charge in [-0.15, -0.1) is 0 Å². The van der Waals surface area contributed by atoms with Crippen LogP contribution in [0.25, 0.3) is 0 Å². The molecule has 0 radical (unpaired) electrons. The van der Waals surface area contributed by atoms with E-state index in [0.717, 1.165) is 36.1 Å². The number of methoxy groups -OCH3 is 1. The van der Waals surface area contributed by atoms with Crippen molar-refractivity contribution in [3.63, 3.8) is 0 Å². The number of carbonyl (C=O) groups is 2. The molecule has 29 heavy (non-hydrogen) atoms. The van der Waals surface area contributed by atoms with Gasteiger partial charge in [-0.3, -0.25) is 9.59 Å². The molecule has 1 atom stereocenters. The number of rotatable bonds is 3. The summed E-state index contributed by atoms with van der Waals surface area (Å²) in [6, 6.07) is 5.50. The summed E-state index contributed by atoms with van der Waals surface area (Å²) in [4.78, 5) is 38.0. The van der Waals surface area contributed by atoms with Gasteiger partial charge in [-0.05, 0) is 31.4 Å². The Morgan fingerprint density at radius 1 is 1.24 bits per heavy atom. The fourth-order valence-corrected chi connectivity index (χ4v) is 4.29. The topological polar surface area (TPSA) is 75.6 Å². The van der Waals surface area contributed by atoms with Crippen LogP contribution < -0.4 is 4.74 Å². The van der Waals surface area contributed by atoms with Crippen LogP contribution in [0, 0.1) is 6.92 Å². The van der Waals surface area contributed by atoms with Gasteiger partial charge in [0.1, 0.15) is 5.75 Å². The van der Waals surface area contributed by atoms with Gasteiger partial charge in [-0.25, -0.2) is 9.97 Å². The molecule has 1 aromatic heterocycles.